The van der Waals surface area contributed by atoms with Crippen molar-refractivity contribution in [2.45, 2.75) is 39.2 Å². The molecule has 0 spiro atoms. The van der Waals surface area contributed by atoms with E-state index in [2.05, 4.69) is 24.1 Å². The summed E-state index contributed by atoms with van der Waals surface area (Å²) < 4.78 is 16.5. The van der Waals surface area contributed by atoms with Gasteiger partial charge in [-0.1, -0.05) is 20.3 Å². The van der Waals surface area contributed by atoms with E-state index in [0.29, 0.717) is 32.5 Å². The first-order valence-corrected chi connectivity index (χ1v) is 8.55. The topological polar surface area (TPSA) is 43.0 Å². The number of unbranched alkanes of at least 4 members (excludes halogenated alkanes) is 1. The lowest BCUT2D eigenvalue weighted by Crippen LogP contribution is -2.51. The Hall–Kier alpha value is -0.200. The first-order valence-electron chi connectivity index (χ1n) is 8.55. The molecule has 1 N–H and O–H groups in total. The van der Waals surface area contributed by atoms with Crippen LogP contribution in [0.4, 0.5) is 0 Å². The third-order valence-electron chi connectivity index (χ3n) is 3.77. The lowest BCUT2D eigenvalue weighted by atomic mass is 10.1. The molecule has 0 aromatic heterocycles. The van der Waals surface area contributed by atoms with E-state index in [-0.39, 0.29) is 0 Å². The average Bonchev–Trinajstić information content (AvgIpc) is 2.53. The molecule has 5 nitrogen and oxygen atoms in total. The van der Waals surface area contributed by atoms with Crippen molar-refractivity contribution in [2.75, 3.05) is 65.8 Å². The summed E-state index contributed by atoms with van der Waals surface area (Å²) in [6.07, 6.45) is 3.51. The van der Waals surface area contributed by atoms with Crippen molar-refractivity contribution in [3.63, 3.8) is 0 Å². The van der Waals surface area contributed by atoms with E-state index in [0.717, 1.165) is 45.8 Å². The number of hydrogen-bond acceptors (Lipinski definition) is 5. The molecule has 0 aromatic rings. The minimum atomic E-state index is 0.648. The van der Waals surface area contributed by atoms with Gasteiger partial charge in [0, 0.05) is 38.8 Å². The zero-order chi connectivity index (χ0) is 15.2. The van der Waals surface area contributed by atoms with Crippen LogP contribution in [-0.4, -0.2) is 76.8 Å². The Morgan fingerprint density at radius 3 is 2.29 bits per heavy atom. The molecule has 1 heterocycles. The van der Waals surface area contributed by atoms with Gasteiger partial charge in [0.25, 0.3) is 0 Å². The number of nitrogens with one attached hydrogen (secondary N) is 1. The lowest BCUT2D eigenvalue weighted by molar-refractivity contribution is 0.00890. The van der Waals surface area contributed by atoms with Crippen molar-refractivity contribution < 1.29 is 14.2 Å². The van der Waals surface area contributed by atoms with E-state index in [1.807, 2.05) is 0 Å². The predicted octanol–water partition coefficient (Wildman–Crippen LogP) is 1.52. The fourth-order valence-electron chi connectivity index (χ4n) is 2.35. The maximum atomic E-state index is 5.62. The van der Waals surface area contributed by atoms with Crippen LogP contribution in [0.2, 0.25) is 0 Å². The SMILES string of the molecule is CCCCOCCOCCOCCN1CCNC(CC)C1. The van der Waals surface area contributed by atoms with Crippen LogP contribution in [0.3, 0.4) is 0 Å². The van der Waals surface area contributed by atoms with Crippen LogP contribution >= 0.6 is 0 Å². The van der Waals surface area contributed by atoms with Gasteiger partial charge in [0.2, 0.25) is 0 Å². The Kier molecular flexibility index (Phi) is 12.1. The van der Waals surface area contributed by atoms with Gasteiger partial charge in [0.15, 0.2) is 0 Å². The molecule has 0 radical (unpaired) electrons. The number of piperazine rings is 1. The van der Waals surface area contributed by atoms with E-state index in [9.17, 15) is 0 Å². The molecule has 0 aromatic carbocycles. The molecule has 1 unspecified atom stereocenters. The Morgan fingerprint density at radius 1 is 0.952 bits per heavy atom. The second kappa shape index (κ2) is 13.5. The minimum absolute atomic E-state index is 0.648. The molecule has 0 aliphatic carbocycles. The number of ether oxygens (including phenoxy) is 3. The van der Waals surface area contributed by atoms with Crippen molar-refractivity contribution in [1.29, 1.82) is 0 Å². The highest BCUT2D eigenvalue weighted by Gasteiger charge is 2.16. The fraction of sp³-hybridized carbons (Fsp3) is 1.00. The smallest absolute Gasteiger partial charge is 0.0701 e. The molecule has 0 bridgehead atoms. The van der Waals surface area contributed by atoms with Crippen LogP contribution in [0.15, 0.2) is 0 Å². The average molecular weight is 302 g/mol. The Balaban J connectivity index is 1.80. The molecule has 1 rings (SSSR count). The van der Waals surface area contributed by atoms with Gasteiger partial charge >= 0.3 is 0 Å². The minimum Gasteiger partial charge on any atom is -0.379 e. The van der Waals surface area contributed by atoms with Gasteiger partial charge in [-0.2, -0.15) is 0 Å². The molecule has 1 fully saturated rings. The van der Waals surface area contributed by atoms with Gasteiger partial charge < -0.3 is 19.5 Å². The van der Waals surface area contributed by atoms with Crippen molar-refractivity contribution in [1.82, 2.24) is 10.2 Å². The molecule has 21 heavy (non-hydrogen) atoms. The van der Waals surface area contributed by atoms with Gasteiger partial charge in [-0.05, 0) is 12.8 Å². The summed E-state index contributed by atoms with van der Waals surface area (Å²) >= 11 is 0. The van der Waals surface area contributed by atoms with E-state index in [1.54, 1.807) is 0 Å². The lowest BCUT2D eigenvalue weighted by Gasteiger charge is -2.33. The predicted molar refractivity (Wildman–Crippen MR) is 85.9 cm³/mol. The first-order chi connectivity index (χ1) is 10.4. The zero-order valence-electron chi connectivity index (χ0n) is 13.9. The third kappa shape index (κ3) is 10.2. The third-order valence-corrected chi connectivity index (χ3v) is 3.77. The Bertz CT molecular complexity index is 230. The van der Waals surface area contributed by atoms with Crippen LogP contribution in [-0.2, 0) is 14.2 Å². The van der Waals surface area contributed by atoms with Crippen LogP contribution in [0.1, 0.15) is 33.1 Å². The molecular weight excluding hydrogens is 268 g/mol. The van der Waals surface area contributed by atoms with Gasteiger partial charge in [-0.3, -0.25) is 4.90 Å². The van der Waals surface area contributed by atoms with Gasteiger partial charge in [-0.25, -0.2) is 0 Å². The van der Waals surface area contributed by atoms with Gasteiger partial charge in [-0.15, -0.1) is 0 Å². The molecule has 126 valence electrons. The van der Waals surface area contributed by atoms with Crippen LogP contribution in [0.5, 0.6) is 0 Å². The summed E-state index contributed by atoms with van der Waals surface area (Å²) in [5, 5.41) is 3.53. The summed E-state index contributed by atoms with van der Waals surface area (Å²) in [6.45, 7) is 13.2. The van der Waals surface area contributed by atoms with Gasteiger partial charge in [0.05, 0.1) is 33.0 Å². The molecule has 1 aliphatic heterocycles. The summed E-state index contributed by atoms with van der Waals surface area (Å²) in [5.41, 5.74) is 0. The molecular formula is C16H34N2O3. The highest BCUT2D eigenvalue weighted by Crippen LogP contribution is 2.01. The van der Waals surface area contributed by atoms with E-state index in [1.165, 1.54) is 12.8 Å². The van der Waals surface area contributed by atoms with Crippen molar-refractivity contribution in [3.05, 3.63) is 0 Å². The Labute approximate surface area is 130 Å². The molecule has 1 aliphatic rings. The summed E-state index contributed by atoms with van der Waals surface area (Å²) in [4.78, 5) is 2.48. The quantitative estimate of drug-likeness (QED) is 0.523. The molecule has 1 saturated heterocycles. The normalized spacial score (nSPS) is 20.0. The van der Waals surface area contributed by atoms with Gasteiger partial charge in [0.1, 0.15) is 0 Å². The maximum absolute atomic E-state index is 5.62. The number of rotatable bonds is 13. The molecule has 1 atom stereocenters. The number of hydrogen-bond donors (Lipinski definition) is 1. The molecule has 0 saturated carbocycles. The number of nitrogens with zero attached hydrogens (tertiary/aromatic N) is 1. The van der Waals surface area contributed by atoms with Crippen molar-refractivity contribution in [3.8, 4) is 0 Å². The van der Waals surface area contributed by atoms with Crippen LogP contribution in [0, 0.1) is 0 Å². The van der Waals surface area contributed by atoms with Crippen molar-refractivity contribution in [2.24, 2.45) is 0 Å². The van der Waals surface area contributed by atoms with Crippen LogP contribution in [0.25, 0.3) is 0 Å². The van der Waals surface area contributed by atoms with E-state index < -0.39 is 0 Å². The second-order valence-corrected chi connectivity index (χ2v) is 5.55. The molecule has 0 amide bonds. The largest absolute Gasteiger partial charge is 0.379 e. The summed E-state index contributed by atoms with van der Waals surface area (Å²) in [7, 11) is 0. The highest BCUT2D eigenvalue weighted by molar-refractivity contribution is 4.76. The maximum Gasteiger partial charge on any atom is 0.0701 e. The Morgan fingerprint density at radius 2 is 1.62 bits per heavy atom. The zero-order valence-corrected chi connectivity index (χ0v) is 13.9. The summed E-state index contributed by atoms with van der Waals surface area (Å²) in [6, 6.07) is 0.648. The second-order valence-electron chi connectivity index (χ2n) is 5.55. The van der Waals surface area contributed by atoms with E-state index in [4.69, 9.17) is 14.2 Å². The first kappa shape index (κ1) is 18.8. The highest BCUT2D eigenvalue weighted by atomic mass is 16.5. The fourth-order valence-corrected chi connectivity index (χ4v) is 2.35. The summed E-state index contributed by atoms with van der Waals surface area (Å²) in [5.74, 6) is 0. The molecule has 5 heteroatoms. The monoisotopic (exact) mass is 302 g/mol. The van der Waals surface area contributed by atoms with Crippen molar-refractivity contribution >= 4 is 0 Å². The van der Waals surface area contributed by atoms with Crippen LogP contribution < -0.4 is 5.32 Å². The van der Waals surface area contributed by atoms with E-state index >= 15 is 0 Å². The standard InChI is InChI=1S/C16H34N2O3/c1-3-5-9-19-11-13-21-14-12-20-10-8-18-7-6-17-16(4-2)15-18/h16-17H,3-15H2,1-2H3.